The summed E-state index contributed by atoms with van der Waals surface area (Å²) in [6.45, 7) is 2.09. The molecule has 1 N–H and O–H groups in total. The highest BCUT2D eigenvalue weighted by Gasteiger charge is 2.10. The van der Waals surface area contributed by atoms with Gasteiger partial charge in [-0.1, -0.05) is 42.0 Å². The van der Waals surface area contributed by atoms with E-state index in [1.54, 1.807) is 0 Å². The SMILES string of the molecule is CNC(Cc1cccc(C)c1)c1ccc(F)cc1. The first-order valence-electron chi connectivity index (χ1n) is 6.17. The summed E-state index contributed by atoms with van der Waals surface area (Å²) in [5.41, 5.74) is 3.67. The van der Waals surface area contributed by atoms with Gasteiger partial charge in [-0.05, 0) is 43.7 Å². The minimum Gasteiger partial charge on any atom is -0.313 e. The highest BCUT2D eigenvalue weighted by Crippen LogP contribution is 2.19. The lowest BCUT2D eigenvalue weighted by Crippen LogP contribution is -2.18. The quantitative estimate of drug-likeness (QED) is 0.864. The molecule has 1 unspecified atom stereocenters. The Morgan fingerprint density at radius 1 is 1.11 bits per heavy atom. The van der Waals surface area contributed by atoms with Crippen LogP contribution < -0.4 is 5.32 Å². The van der Waals surface area contributed by atoms with E-state index in [9.17, 15) is 4.39 Å². The number of halogens is 1. The fraction of sp³-hybridized carbons (Fsp3) is 0.250. The van der Waals surface area contributed by atoms with Gasteiger partial charge in [-0.25, -0.2) is 4.39 Å². The number of nitrogens with one attached hydrogen (secondary N) is 1. The van der Waals surface area contributed by atoms with Crippen molar-refractivity contribution in [1.29, 1.82) is 0 Å². The number of aryl methyl sites for hydroxylation is 1. The van der Waals surface area contributed by atoms with E-state index < -0.39 is 0 Å². The molecule has 0 amide bonds. The van der Waals surface area contributed by atoms with Gasteiger partial charge in [0.1, 0.15) is 5.82 Å². The van der Waals surface area contributed by atoms with Crippen molar-refractivity contribution in [2.24, 2.45) is 0 Å². The Morgan fingerprint density at radius 2 is 1.83 bits per heavy atom. The topological polar surface area (TPSA) is 12.0 Å². The highest BCUT2D eigenvalue weighted by atomic mass is 19.1. The molecule has 1 atom stereocenters. The van der Waals surface area contributed by atoms with Crippen LogP contribution in [0.5, 0.6) is 0 Å². The number of benzene rings is 2. The van der Waals surface area contributed by atoms with Crippen molar-refractivity contribution in [2.45, 2.75) is 19.4 Å². The van der Waals surface area contributed by atoms with E-state index in [0.717, 1.165) is 12.0 Å². The van der Waals surface area contributed by atoms with E-state index >= 15 is 0 Å². The molecule has 0 heterocycles. The van der Waals surface area contributed by atoms with Crippen LogP contribution in [0.25, 0.3) is 0 Å². The van der Waals surface area contributed by atoms with Crippen LogP contribution in [-0.2, 0) is 6.42 Å². The Kier molecular flexibility index (Phi) is 4.11. The maximum Gasteiger partial charge on any atom is 0.123 e. The Hall–Kier alpha value is -1.67. The summed E-state index contributed by atoms with van der Waals surface area (Å²) in [7, 11) is 1.93. The monoisotopic (exact) mass is 243 g/mol. The van der Waals surface area contributed by atoms with Crippen molar-refractivity contribution in [3.8, 4) is 0 Å². The van der Waals surface area contributed by atoms with Crippen LogP contribution in [0.3, 0.4) is 0 Å². The van der Waals surface area contributed by atoms with Gasteiger partial charge in [0, 0.05) is 6.04 Å². The van der Waals surface area contributed by atoms with E-state index in [-0.39, 0.29) is 11.9 Å². The zero-order valence-corrected chi connectivity index (χ0v) is 10.8. The molecule has 0 saturated heterocycles. The van der Waals surface area contributed by atoms with Crippen molar-refractivity contribution in [3.63, 3.8) is 0 Å². The summed E-state index contributed by atoms with van der Waals surface area (Å²) in [6.07, 6.45) is 0.907. The van der Waals surface area contributed by atoms with Gasteiger partial charge in [-0.15, -0.1) is 0 Å². The summed E-state index contributed by atoms with van der Waals surface area (Å²) in [6, 6.07) is 15.4. The number of hydrogen-bond donors (Lipinski definition) is 1. The van der Waals surface area contributed by atoms with Gasteiger partial charge in [0.2, 0.25) is 0 Å². The second-order valence-electron chi connectivity index (χ2n) is 4.59. The van der Waals surface area contributed by atoms with Gasteiger partial charge < -0.3 is 5.32 Å². The molecule has 0 fully saturated rings. The smallest absolute Gasteiger partial charge is 0.123 e. The largest absolute Gasteiger partial charge is 0.313 e. The summed E-state index contributed by atoms with van der Waals surface area (Å²) in [4.78, 5) is 0. The summed E-state index contributed by atoms with van der Waals surface area (Å²) >= 11 is 0. The maximum absolute atomic E-state index is 12.9. The molecule has 1 nitrogen and oxygen atoms in total. The average Bonchev–Trinajstić information content (AvgIpc) is 2.37. The maximum atomic E-state index is 12.9. The van der Waals surface area contributed by atoms with Crippen molar-refractivity contribution in [3.05, 3.63) is 71.0 Å². The minimum atomic E-state index is -0.191. The van der Waals surface area contributed by atoms with E-state index in [2.05, 4.69) is 36.5 Å². The fourth-order valence-corrected chi connectivity index (χ4v) is 2.16. The van der Waals surface area contributed by atoms with Gasteiger partial charge in [0.25, 0.3) is 0 Å². The van der Waals surface area contributed by atoms with Crippen LogP contribution in [0.2, 0.25) is 0 Å². The molecule has 0 spiro atoms. The van der Waals surface area contributed by atoms with Crippen molar-refractivity contribution in [1.82, 2.24) is 5.32 Å². The summed E-state index contributed by atoms with van der Waals surface area (Å²) in [5.74, 6) is -0.191. The molecule has 0 aliphatic heterocycles. The van der Waals surface area contributed by atoms with Crippen molar-refractivity contribution in [2.75, 3.05) is 7.05 Å². The van der Waals surface area contributed by atoms with Gasteiger partial charge in [-0.2, -0.15) is 0 Å². The predicted octanol–water partition coefficient (Wildman–Crippen LogP) is 3.64. The predicted molar refractivity (Wildman–Crippen MR) is 73.1 cm³/mol. The number of rotatable bonds is 4. The van der Waals surface area contributed by atoms with Gasteiger partial charge in [0.15, 0.2) is 0 Å². The molecule has 2 rings (SSSR count). The van der Waals surface area contributed by atoms with E-state index in [4.69, 9.17) is 0 Å². The first kappa shape index (κ1) is 12.8. The van der Waals surface area contributed by atoms with Crippen LogP contribution in [0.15, 0.2) is 48.5 Å². The van der Waals surface area contributed by atoms with Crippen LogP contribution in [0, 0.1) is 12.7 Å². The third-order valence-corrected chi connectivity index (χ3v) is 3.14. The second-order valence-corrected chi connectivity index (χ2v) is 4.59. The summed E-state index contributed by atoms with van der Waals surface area (Å²) < 4.78 is 12.9. The van der Waals surface area contributed by atoms with E-state index in [1.807, 2.05) is 19.2 Å². The first-order chi connectivity index (χ1) is 8.69. The molecule has 0 saturated carbocycles. The Labute approximate surface area is 108 Å². The summed E-state index contributed by atoms with van der Waals surface area (Å²) in [5, 5.41) is 3.28. The Bertz CT molecular complexity index is 505. The third-order valence-electron chi connectivity index (χ3n) is 3.14. The van der Waals surface area contributed by atoms with Gasteiger partial charge >= 0.3 is 0 Å². The van der Waals surface area contributed by atoms with Gasteiger partial charge in [0.05, 0.1) is 0 Å². The lowest BCUT2D eigenvalue weighted by atomic mass is 9.98. The Morgan fingerprint density at radius 3 is 2.44 bits per heavy atom. The third kappa shape index (κ3) is 3.17. The van der Waals surface area contributed by atoms with E-state index in [1.165, 1.54) is 23.3 Å². The van der Waals surface area contributed by atoms with Crippen LogP contribution in [0.4, 0.5) is 4.39 Å². The fourth-order valence-electron chi connectivity index (χ4n) is 2.16. The molecule has 18 heavy (non-hydrogen) atoms. The lowest BCUT2D eigenvalue weighted by molar-refractivity contribution is 0.586. The lowest BCUT2D eigenvalue weighted by Gasteiger charge is -2.17. The zero-order valence-electron chi connectivity index (χ0n) is 10.8. The molecular formula is C16H18FN. The molecule has 2 aromatic rings. The van der Waals surface area contributed by atoms with Crippen molar-refractivity contribution < 1.29 is 4.39 Å². The molecule has 94 valence electrons. The average molecular weight is 243 g/mol. The molecule has 2 aromatic carbocycles. The van der Waals surface area contributed by atoms with Crippen LogP contribution in [-0.4, -0.2) is 7.05 Å². The zero-order chi connectivity index (χ0) is 13.0. The molecule has 2 heteroatoms. The Balaban J connectivity index is 2.17. The van der Waals surface area contributed by atoms with E-state index in [0.29, 0.717) is 0 Å². The standard InChI is InChI=1S/C16H18FN/c1-12-4-3-5-13(10-12)11-16(18-2)14-6-8-15(17)9-7-14/h3-10,16,18H,11H2,1-2H3. The van der Waals surface area contributed by atoms with Crippen LogP contribution >= 0.6 is 0 Å². The van der Waals surface area contributed by atoms with Gasteiger partial charge in [-0.3, -0.25) is 0 Å². The van der Waals surface area contributed by atoms with Crippen molar-refractivity contribution >= 4 is 0 Å². The molecule has 0 aromatic heterocycles. The molecule has 0 bridgehead atoms. The first-order valence-corrected chi connectivity index (χ1v) is 6.17. The highest BCUT2D eigenvalue weighted by molar-refractivity contribution is 5.26. The normalized spacial score (nSPS) is 12.4. The minimum absolute atomic E-state index is 0.191. The molecule has 0 aliphatic rings. The van der Waals surface area contributed by atoms with Crippen LogP contribution in [0.1, 0.15) is 22.7 Å². The molecule has 0 aliphatic carbocycles. The second kappa shape index (κ2) is 5.78. The molecular weight excluding hydrogens is 225 g/mol. The number of hydrogen-bond acceptors (Lipinski definition) is 1. The molecule has 0 radical (unpaired) electrons. The number of likely N-dealkylation sites (N-methyl/N-ethyl adjacent to an activating group) is 1.